The minimum Gasteiger partial charge on any atom is -0.480 e. The molecule has 0 aliphatic carbocycles. The fourth-order valence-electron chi connectivity index (χ4n) is 1.77. The summed E-state index contributed by atoms with van der Waals surface area (Å²) in [5.41, 5.74) is -0.288. The Bertz CT molecular complexity index is 321. The van der Waals surface area contributed by atoms with Crippen LogP contribution in [0.5, 0.6) is 0 Å². The molecule has 0 heterocycles. The summed E-state index contributed by atoms with van der Waals surface area (Å²) >= 11 is 0. The lowest BCUT2D eigenvalue weighted by atomic mass is 9.90. The van der Waals surface area contributed by atoms with Crippen LogP contribution >= 0.6 is 0 Å². The lowest BCUT2D eigenvalue weighted by Crippen LogP contribution is -2.54. The predicted octanol–water partition coefficient (Wildman–Crippen LogP) is 1.73. The second-order valence-electron chi connectivity index (χ2n) is 4.24. The predicted molar refractivity (Wildman–Crippen MR) is 70.1 cm³/mol. The highest BCUT2D eigenvalue weighted by Gasteiger charge is 2.27. The first-order valence-electron chi connectivity index (χ1n) is 6.19. The number of hydrogen-bond donors (Lipinski definition) is 3. The van der Waals surface area contributed by atoms with Crippen molar-refractivity contribution < 1.29 is 14.7 Å². The van der Waals surface area contributed by atoms with Crippen molar-refractivity contribution in [2.45, 2.75) is 58.0 Å². The molecule has 0 rings (SSSR count). The number of carboxylic acid groups (broad SMARTS) is 1. The number of carbonyl (C=O) groups is 2. The van der Waals surface area contributed by atoms with Crippen LogP contribution in [-0.4, -0.2) is 28.7 Å². The van der Waals surface area contributed by atoms with E-state index in [-0.39, 0.29) is 12.0 Å². The second-order valence-corrected chi connectivity index (χ2v) is 4.24. The molecule has 3 N–H and O–H groups in total. The van der Waals surface area contributed by atoms with E-state index in [1.54, 1.807) is 0 Å². The zero-order valence-electron chi connectivity index (χ0n) is 11.2. The standard InChI is InChI=1S/C13H22N2O3/c1-5-9-10(11(16)17)14-12(18)15-13(6-2,7-3)8-4/h1,10H,6-9H2,2-4H3,(H,16,17)(H2,14,15,18). The van der Waals surface area contributed by atoms with Crippen molar-refractivity contribution in [2.75, 3.05) is 0 Å². The minimum atomic E-state index is -1.13. The lowest BCUT2D eigenvalue weighted by Gasteiger charge is -2.32. The average Bonchev–Trinajstić information content (AvgIpc) is 2.35. The van der Waals surface area contributed by atoms with Gasteiger partial charge in [-0.3, -0.25) is 0 Å². The van der Waals surface area contributed by atoms with E-state index in [0.29, 0.717) is 0 Å². The van der Waals surface area contributed by atoms with Crippen LogP contribution in [0.15, 0.2) is 0 Å². The molecule has 5 nitrogen and oxygen atoms in total. The molecule has 1 atom stereocenters. The Labute approximate surface area is 108 Å². The van der Waals surface area contributed by atoms with Gasteiger partial charge in [0.15, 0.2) is 0 Å². The van der Waals surface area contributed by atoms with Crippen LogP contribution in [0, 0.1) is 12.3 Å². The Balaban J connectivity index is 4.57. The van der Waals surface area contributed by atoms with Gasteiger partial charge in [0, 0.05) is 12.0 Å². The quantitative estimate of drug-likeness (QED) is 0.605. The topological polar surface area (TPSA) is 78.4 Å². The summed E-state index contributed by atoms with van der Waals surface area (Å²) in [7, 11) is 0. The zero-order valence-corrected chi connectivity index (χ0v) is 11.2. The first-order chi connectivity index (χ1) is 8.44. The van der Waals surface area contributed by atoms with Gasteiger partial charge in [-0.1, -0.05) is 20.8 Å². The summed E-state index contributed by atoms with van der Waals surface area (Å²) in [4.78, 5) is 22.6. The van der Waals surface area contributed by atoms with E-state index in [9.17, 15) is 9.59 Å². The van der Waals surface area contributed by atoms with Crippen molar-refractivity contribution >= 4 is 12.0 Å². The summed E-state index contributed by atoms with van der Waals surface area (Å²) < 4.78 is 0. The Morgan fingerprint density at radius 1 is 1.28 bits per heavy atom. The third-order valence-corrected chi connectivity index (χ3v) is 3.33. The molecule has 102 valence electrons. The monoisotopic (exact) mass is 254 g/mol. The van der Waals surface area contributed by atoms with Gasteiger partial charge in [0.2, 0.25) is 0 Å². The van der Waals surface area contributed by atoms with Crippen molar-refractivity contribution in [1.82, 2.24) is 10.6 Å². The number of urea groups is 1. The van der Waals surface area contributed by atoms with Gasteiger partial charge >= 0.3 is 12.0 Å². The minimum absolute atomic E-state index is 0.0277. The Morgan fingerprint density at radius 2 is 1.78 bits per heavy atom. The molecule has 0 bridgehead atoms. The highest BCUT2D eigenvalue weighted by molar-refractivity contribution is 5.83. The molecule has 0 aliphatic rings. The Kier molecular flexibility index (Phi) is 6.88. The van der Waals surface area contributed by atoms with Crippen LogP contribution in [-0.2, 0) is 4.79 Å². The largest absolute Gasteiger partial charge is 0.480 e. The van der Waals surface area contributed by atoms with Crippen molar-refractivity contribution in [3.8, 4) is 12.3 Å². The SMILES string of the molecule is C#CCC(NC(=O)NC(CC)(CC)CC)C(=O)O. The smallest absolute Gasteiger partial charge is 0.327 e. The molecule has 2 amide bonds. The third kappa shape index (κ3) is 4.66. The molecule has 0 aliphatic heterocycles. The first kappa shape index (κ1) is 16.3. The number of amides is 2. The molecular weight excluding hydrogens is 232 g/mol. The maximum atomic E-state index is 11.8. The molecular formula is C13H22N2O3. The van der Waals surface area contributed by atoms with Gasteiger partial charge in [0.25, 0.3) is 0 Å². The third-order valence-electron chi connectivity index (χ3n) is 3.33. The normalized spacial score (nSPS) is 12.3. The summed E-state index contributed by atoms with van der Waals surface area (Å²) in [5.74, 6) is 1.11. The number of rotatable bonds is 7. The molecule has 0 aromatic carbocycles. The molecule has 0 aromatic rings. The molecule has 1 unspecified atom stereocenters. The molecule has 0 radical (unpaired) electrons. The van der Waals surface area contributed by atoms with E-state index in [1.165, 1.54) is 0 Å². The molecule has 5 heteroatoms. The fraction of sp³-hybridized carbons (Fsp3) is 0.692. The van der Waals surface area contributed by atoms with Gasteiger partial charge in [-0.2, -0.15) is 0 Å². The van der Waals surface area contributed by atoms with Crippen molar-refractivity contribution in [3.63, 3.8) is 0 Å². The van der Waals surface area contributed by atoms with E-state index in [1.807, 2.05) is 20.8 Å². The molecule has 0 saturated carbocycles. The number of hydrogen-bond acceptors (Lipinski definition) is 2. The van der Waals surface area contributed by atoms with Crippen LogP contribution < -0.4 is 10.6 Å². The second kappa shape index (κ2) is 7.59. The summed E-state index contributed by atoms with van der Waals surface area (Å²) in [6, 6.07) is -1.53. The van der Waals surface area contributed by atoms with Gasteiger partial charge in [-0.15, -0.1) is 12.3 Å². The van der Waals surface area contributed by atoms with Crippen LogP contribution in [0.3, 0.4) is 0 Å². The Morgan fingerprint density at radius 3 is 2.11 bits per heavy atom. The maximum absolute atomic E-state index is 11.8. The van der Waals surface area contributed by atoms with E-state index in [2.05, 4.69) is 16.6 Å². The highest BCUT2D eigenvalue weighted by atomic mass is 16.4. The molecule has 0 aromatic heterocycles. The fourth-order valence-corrected chi connectivity index (χ4v) is 1.77. The number of terminal acetylenes is 1. The van der Waals surface area contributed by atoms with Crippen LogP contribution in [0.1, 0.15) is 46.5 Å². The van der Waals surface area contributed by atoms with Crippen molar-refractivity contribution in [2.24, 2.45) is 0 Å². The van der Waals surface area contributed by atoms with E-state index >= 15 is 0 Å². The number of aliphatic carboxylic acids is 1. The average molecular weight is 254 g/mol. The molecule has 0 saturated heterocycles. The van der Waals surface area contributed by atoms with E-state index < -0.39 is 18.0 Å². The van der Waals surface area contributed by atoms with Gasteiger partial charge < -0.3 is 15.7 Å². The van der Waals surface area contributed by atoms with Gasteiger partial charge in [0.05, 0.1) is 0 Å². The van der Waals surface area contributed by atoms with Crippen LogP contribution in [0.2, 0.25) is 0 Å². The van der Waals surface area contributed by atoms with Crippen molar-refractivity contribution in [1.29, 1.82) is 0 Å². The highest BCUT2D eigenvalue weighted by Crippen LogP contribution is 2.18. The summed E-state index contributed by atoms with van der Waals surface area (Å²) in [6.45, 7) is 5.97. The van der Waals surface area contributed by atoms with Gasteiger partial charge in [0.1, 0.15) is 6.04 Å². The maximum Gasteiger partial charge on any atom is 0.327 e. The van der Waals surface area contributed by atoms with Crippen LogP contribution in [0.4, 0.5) is 4.79 Å². The molecule has 0 spiro atoms. The van der Waals surface area contributed by atoms with Crippen LogP contribution in [0.25, 0.3) is 0 Å². The van der Waals surface area contributed by atoms with E-state index in [0.717, 1.165) is 19.3 Å². The summed E-state index contributed by atoms with van der Waals surface area (Å²) in [5, 5.41) is 14.1. The number of nitrogens with one attached hydrogen (secondary N) is 2. The number of carbonyl (C=O) groups excluding carboxylic acids is 1. The zero-order chi connectivity index (χ0) is 14.2. The van der Waals surface area contributed by atoms with Gasteiger partial charge in [-0.25, -0.2) is 9.59 Å². The van der Waals surface area contributed by atoms with Crippen molar-refractivity contribution in [3.05, 3.63) is 0 Å². The molecule has 0 fully saturated rings. The van der Waals surface area contributed by atoms with Gasteiger partial charge in [-0.05, 0) is 19.3 Å². The summed E-state index contributed by atoms with van der Waals surface area (Å²) in [6.07, 6.45) is 7.41. The molecule has 18 heavy (non-hydrogen) atoms. The van der Waals surface area contributed by atoms with E-state index in [4.69, 9.17) is 11.5 Å². The number of carboxylic acids is 1. The lowest BCUT2D eigenvalue weighted by molar-refractivity contribution is -0.139. The Hall–Kier alpha value is -1.70. The first-order valence-corrected chi connectivity index (χ1v) is 6.19.